The van der Waals surface area contributed by atoms with E-state index in [-0.39, 0.29) is 23.4 Å². The number of hydrogen-bond acceptors (Lipinski definition) is 3. The fourth-order valence-electron chi connectivity index (χ4n) is 4.48. The van der Waals surface area contributed by atoms with Gasteiger partial charge >= 0.3 is 0 Å². The van der Waals surface area contributed by atoms with Gasteiger partial charge in [-0.1, -0.05) is 65.7 Å². The Kier molecular flexibility index (Phi) is 7.58. The first kappa shape index (κ1) is 25.8. The smallest absolute Gasteiger partial charge is 0.243 e. The Balaban J connectivity index is 1.39. The van der Waals surface area contributed by atoms with Crippen LogP contribution in [0.4, 0.5) is 0 Å². The van der Waals surface area contributed by atoms with Gasteiger partial charge in [0.1, 0.15) is 0 Å². The highest BCUT2D eigenvalue weighted by atomic mass is 35.5. The van der Waals surface area contributed by atoms with Gasteiger partial charge in [0, 0.05) is 36.2 Å². The van der Waals surface area contributed by atoms with Crippen LogP contribution < -0.4 is 0 Å². The van der Waals surface area contributed by atoms with E-state index in [1.54, 1.807) is 47.4 Å². The summed E-state index contributed by atoms with van der Waals surface area (Å²) in [5.41, 5.74) is 2.96. The van der Waals surface area contributed by atoms with Crippen LogP contribution in [0.1, 0.15) is 24.0 Å². The van der Waals surface area contributed by atoms with Crippen LogP contribution in [0.3, 0.4) is 0 Å². The second kappa shape index (κ2) is 10.9. The molecule has 1 saturated carbocycles. The molecular formula is C28H27Cl2N3O3S. The maximum Gasteiger partial charge on any atom is 0.243 e. The third kappa shape index (κ3) is 5.85. The summed E-state index contributed by atoms with van der Waals surface area (Å²) in [6, 6.07) is 21.4. The molecule has 6 nitrogen and oxygen atoms in total. The number of halogens is 2. The highest BCUT2D eigenvalue weighted by molar-refractivity contribution is 7.89. The Morgan fingerprint density at radius 3 is 2.41 bits per heavy atom. The van der Waals surface area contributed by atoms with Crippen LogP contribution >= 0.6 is 23.2 Å². The van der Waals surface area contributed by atoms with Gasteiger partial charge in [-0.25, -0.2) is 8.42 Å². The summed E-state index contributed by atoms with van der Waals surface area (Å²) in [5, 5.41) is 1.96. The van der Waals surface area contributed by atoms with Gasteiger partial charge in [-0.3, -0.25) is 4.79 Å². The molecule has 0 unspecified atom stereocenters. The number of sulfonamides is 1. The number of nitrogens with one attached hydrogen (secondary N) is 1. The van der Waals surface area contributed by atoms with Crippen molar-refractivity contribution in [3.63, 3.8) is 0 Å². The zero-order chi connectivity index (χ0) is 26.0. The van der Waals surface area contributed by atoms with Crippen LogP contribution in [-0.2, 0) is 27.8 Å². The van der Waals surface area contributed by atoms with Gasteiger partial charge in [0.25, 0.3) is 0 Å². The van der Waals surface area contributed by atoms with Gasteiger partial charge in [-0.15, -0.1) is 0 Å². The van der Waals surface area contributed by atoms with Crippen LogP contribution in [0.2, 0.25) is 10.0 Å². The minimum absolute atomic E-state index is 0.158. The minimum Gasteiger partial charge on any atom is -0.361 e. The average Bonchev–Trinajstić information content (AvgIpc) is 3.66. The van der Waals surface area contributed by atoms with E-state index in [4.69, 9.17) is 23.2 Å². The number of hydrogen-bond donors (Lipinski definition) is 1. The molecule has 0 aliphatic heterocycles. The fraction of sp³-hybridized carbons (Fsp3) is 0.250. The third-order valence-corrected chi connectivity index (χ3v) is 9.28. The summed E-state index contributed by atoms with van der Waals surface area (Å²) in [5.74, 6) is -0.252. The molecule has 1 amide bonds. The molecule has 1 fully saturated rings. The second-order valence-corrected chi connectivity index (χ2v) is 12.0. The van der Waals surface area contributed by atoms with E-state index in [0.717, 1.165) is 34.9 Å². The van der Waals surface area contributed by atoms with Gasteiger partial charge in [0.15, 0.2) is 0 Å². The largest absolute Gasteiger partial charge is 0.361 e. The van der Waals surface area contributed by atoms with Crippen LogP contribution in [0, 0.1) is 0 Å². The van der Waals surface area contributed by atoms with Crippen molar-refractivity contribution in [2.75, 3.05) is 13.1 Å². The van der Waals surface area contributed by atoms with E-state index in [1.165, 1.54) is 4.31 Å². The highest BCUT2D eigenvalue weighted by Gasteiger charge is 2.40. The molecule has 4 aromatic rings. The van der Waals surface area contributed by atoms with Crippen molar-refractivity contribution in [3.05, 3.63) is 100 Å². The predicted octanol–water partition coefficient (Wildman–Crippen LogP) is 5.90. The number of H-pyrrole nitrogens is 1. The molecule has 1 aromatic heterocycles. The quantitative estimate of drug-likeness (QED) is 0.264. The molecule has 0 saturated heterocycles. The number of aromatic amines is 1. The Morgan fingerprint density at radius 1 is 0.946 bits per heavy atom. The fourth-order valence-corrected chi connectivity index (χ4v) is 6.45. The van der Waals surface area contributed by atoms with E-state index in [2.05, 4.69) is 4.98 Å². The molecule has 3 aromatic carbocycles. The van der Waals surface area contributed by atoms with Crippen molar-refractivity contribution in [2.45, 2.75) is 36.7 Å². The first-order valence-corrected chi connectivity index (χ1v) is 14.4. The van der Waals surface area contributed by atoms with E-state index in [9.17, 15) is 13.2 Å². The van der Waals surface area contributed by atoms with Crippen molar-refractivity contribution in [3.8, 4) is 0 Å². The number of carbonyl (C=O) groups is 1. The Labute approximate surface area is 226 Å². The number of aromatic nitrogens is 1. The van der Waals surface area contributed by atoms with Gasteiger partial charge in [-0.2, -0.15) is 4.31 Å². The maximum absolute atomic E-state index is 13.7. The molecule has 5 rings (SSSR count). The summed E-state index contributed by atoms with van der Waals surface area (Å²) < 4.78 is 28.2. The number of para-hydroxylation sites is 1. The van der Waals surface area contributed by atoms with Gasteiger partial charge < -0.3 is 9.88 Å². The summed E-state index contributed by atoms with van der Waals surface area (Å²) in [7, 11) is -3.80. The SMILES string of the molecule is O=C(CN(C1CC1)S(=O)(=O)c1ccccc1)N(CCc1c[nH]c2ccccc12)Cc1ccc(Cl)c(Cl)c1. The molecule has 0 atom stereocenters. The van der Waals surface area contributed by atoms with Crippen LogP contribution in [0.5, 0.6) is 0 Å². The Morgan fingerprint density at radius 2 is 1.68 bits per heavy atom. The molecule has 192 valence electrons. The molecule has 1 heterocycles. The molecule has 0 spiro atoms. The normalized spacial score (nSPS) is 13.8. The lowest BCUT2D eigenvalue weighted by Crippen LogP contribution is -2.44. The lowest BCUT2D eigenvalue weighted by Gasteiger charge is -2.27. The molecule has 37 heavy (non-hydrogen) atoms. The van der Waals surface area contributed by atoms with Gasteiger partial charge in [0.2, 0.25) is 15.9 Å². The van der Waals surface area contributed by atoms with Crippen LogP contribution in [0.15, 0.2) is 83.9 Å². The zero-order valence-electron chi connectivity index (χ0n) is 20.1. The third-order valence-electron chi connectivity index (χ3n) is 6.63. The summed E-state index contributed by atoms with van der Waals surface area (Å²) in [6.45, 7) is 0.504. The molecule has 0 bridgehead atoms. The van der Waals surface area contributed by atoms with E-state index >= 15 is 0 Å². The second-order valence-electron chi connectivity index (χ2n) is 9.27. The Hall–Kier alpha value is -2.84. The van der Waals surface area contributed by atoms with Crippen molar-refractivity contribution in [1.82, 2.24) is 14.2 Å². The minimum atomic E-state index is -3.80. The van der Waals surface area contributed by atoms with Crippen molar-refractivity contribution in [1.29, 1.82) is 0 Å². The zero-order valence-corrected chi connectivity index (χ0v) is 22.4. The monoisotopic (exact) mass is 555 g/mol. The molecule has 1 aliphatic rings. The topological polar surface area (TPSA) is 73.5 Å². The summed E-state index contributed by atoms with van der Waals surface area (Å²) in [6.07, 6.45) is 4.08. The highest BCUT2D eigenvalue weighted by Crippen LogP contribution is 2.32. The number of rotatable bonds is 10. The number of amides is 1. The lowest BCUT2D eigenvalue weighted by atomic mass is 10.1. The predicted molar refractivity (Wildman–Crippen MR) is 147 cm³/mol. The van der Waals surface area contributed by atoms with Crippen LogP contribution in [0.25, 0.3) is 10.9 Å². The van der Waals surface area contributed by atoms with E-state index in [0.29, 0.717) is 29.6 Å². The van der Waals surface area contributed by atoms with Gasteiger partial charge in [-0.05, 0) is 60.7 Å². The molecular weight excluding hydrogens is 529 g/mol. The molecule has 0 radical (unpaired) electrons. The summed E-state index contributed by atoms with van der Waals surface area (Å²) >= 11 is 12.3. The molecule has 1 N–H and O–H groups in total. The summed E-state index contributed by atoms with van der Waals surface area (Å²) in [4.78, 5) is 18.9. The first-order valence-electron chi connectivity index (χ1n) is 12.2. The van der Waals surface area contributed by atoms with Crippen molar-refractivity contribution < 1.29 is 13.2 Å². The maximum atomic E-state index is 13.7. The standard InChI is InChI=1S/C28H27Cl2N3O3S/c29-25-13-10-20(16-26(25)30)18-32(15-14-21-17-31-27-9-5-4-8-24(21)27)28(34)19-33(22-11-12-22)37(35,36)23-6-2-1-3-7-23/h1-10,13,16-17,22,31H,11-12,14-15,18-19H2. The number of fused-ring (bicyclic) bond motifs is 1. The molecule has 9 heteroatoms. The van der Waals surface area contributed by atoms with Crippen molar-refractivity contribution in [2.24, 2.45) is 0 Å². The first-order chi connectivity index (χ1) is 17.8. The van der Waals surface area contributed by atoms with Gasteiger partial charge in [0.05, 0.1) is 21.5 Å². The van der Waals surface area contributed by atoms with E-state index in [1.807, 2.05) is 36.5 Å². The average molecular weight is 557 g/mol. The van der Waals surface area contributed by atoms with E-state index < -0.39 is 10.0 Å². The molecule has 1 aliphatic carbocycles. The lowest BCUT2D eigenvalue weighted by molar-refractivity contribution is -0.132. The number of benzene rings is 3. The van der Waals surface area contributed by atoms with Crippen molar-refractivity contribution >= 4 is 50.0 Å². The number of nitrogens with zero attached hydrogens (tertiary/aromatic N) is 2. The number of carbonyl (C=O) groups excluding carboxylic acids is 1. The Bertz CT molecular complexity index is 1520. The van der Waals surface area contributed by atoms with Crippen LogP contribution in [-0.4, -0.2) is 47.6 Å².